The van der Waals surface area contributed by atoms with Gasteiger partial charge in [-0.25, -0.2) is 18.1 Å². The first-order valence-corrected chi connectivity index (χ1v) is 11.4. The zero-order valence-corrected chi connectivity index (χ0v) is 17.8. The molecular formula is C21H21ClN4O3S. The van der Waals surface area contributed by atoms with E-state index >= 15 is 0 Å². The van der Waals surface area contributed by atoms with E-state index in [1.54, 1.807) is 12.4 Å². The van der Waals surface area contributed by atoms with Gasteiger partial charge in [-0.05, 0) is 36.6 Å². The van der Waals surface area contributed by atoms with Crippen LogP contribution in [0.2, 0.25) is 5.02 Å². The summed E-state index contributed by atoms with van der Waals surface area (Å²) in [5.41, 5.74) is 1.06. The number of nitrogens with zero attached hydrogens (tertiary/aromatic N) is 2. The molecule has 7 nitrogen and oxygen atoms in total. The topological polar surface area (TPSA) is 93.1 Å². The molecule has 0 unspecified atom stereocenters. The van der Waals surface area contributed by atoms with E-state index < -0.39 is 22.0 Å². The molecule has 1 fully saturated rings. The predicted molar refractivity (Wildman–Crippen MR) is 114 cm³/mol. The first-order chi connectivity index (χ1) is 14.3. The van der Waals surface area contributed by atoms with Crippen molar-refractivity contribution in [1.29, 1.82) is 0 Å². The van der Waals surface area contributed by atoms with E-state index in [2.05, 4.69) is 15.0 Å². The summed E-state index contributed by atoms with van der Waals surface area (Å²) in [7, 11) is -1.94. The number of amides is 1. The van der Waals surface area contributed by atoms with Crippen molar-refractivity contribution < 1.29 is 13.2 Å². The van der Waals surface area contributed by atoms with Crippen LogP contribution in [-0.2, 0) is 17.1 Å². The Morgan fingerprint density at radius 3 is 2.57 bits per heavy atom. The van der Waals surface area contributed by atoms with Gasteiger partial charge in [0.15, 0.2) is 0 Å². The van der Waals surface area contributed by atoms with Gasteiger partial charge in [-0.1, -0.05) is 41.9 Å². The number of rotatable bonds is 7. The standard InChI is InChI=1S/C21H21ClN4O3S/c1-26-12-11-23-20(26)19(14-5-3-2-4-6-14)24-21(27)15-7-10-17(22)18(13-15)30(28,29)25-16-8-9-16/h2-7,10-13,16,19,25H,8-9H2,1H3,(H,24,27)/t19-/m0/s1. The average Bonchev–Trinajstić information content (AvgIpc) is 3.43. The van der Waals surface area contributed by atoms with E-state index in [4.69, 9.17) is 11.6 Å². The lowest BCUT2D eigenvalue weighted by Crippen LogP contribution is -2.31. The highest BCUT2D eigenvalue weighted by Gasteiger charge is 2.30. The zero-order chi connectivity index (χ0) is 21.3. The lowest BCUT2D eigenvalue weighted by molar-refractivity contribution is 0.0941. The fourth-order valence-electron chi connectivity index (χ4n) is 3.15. The van der Waals surface area contributed by atoms with Crippen LogP contribution >= 0.6 is 11.6 Å². The molecule has 0 saturated heterocycles. The molecule has 0 spiro atoms. The van der Waals surface area contributed by atoms with Crippen molar-refractivity contribution >= 4 is 27.5 Å². The highest BCUT2D eigenvalue weighted by Crippen LogP contribution is 2.27. The van der Waals surface area contributed by atoms with Gasteiger partial charge >= 0.3 is 0 Å². The van der Waals surface area contributed by atoms with Crippen molar-refractivity contribution in [2.75, 3.05) is 0 Å². The van der Waals surface area contributed by atoms with Gasteiger partial charge in [-0.3, -0.25) is 4.79 Å². The number of imidazole rings is 1. The number of benzene rings is 2. The van der Waals surface area contributed by atoms with Gasteiger partial charge < -0.3 is 9.88 Å². The van der Waals surface area contributed by atoms with Gasteiger partial charge in [0.05, 0.1) is 5.02 Å². The lowest BCUT2D eigenvalue weighted by atomic mass is 10.1. The van der Waals surface area contributed by atoms with Crippen molar-refractivity contribution in [3.05, 3.63) is 82.9 Å². The molecule has 1 saturated carbocycles. The zero-order valence-electron chi connectivity index (χ0n) is 16.2. The van der Waals surface area contributed by atoms with E-state index in [1.807, 2.05) is 41.9 Å². The third-order valence-electron chi connectivity index (χ3n) is 4.91. The largest absolute Gasteiger partial charge is 0.338 e. The van der Waals surface area contributed by atoms with Gasteiger partial charge in [-0.15, -0.1) is 0 Å². The summed E-state index contributed by atoms with van der Waals surface area (Å²) >= 11 is 6.13. The van der Waals surface area contributed by atoms with Crippen LogP contribution < -0.4 is 10.0 Å². The summed E-state index contributed by atoms with van der Waals surface area (Å²) in [5, 5.41) is 3.04. The molecule has 1 aliphatic rings. The highest BCUT2D eigenvalue weighted by molar-refractivity contribution is 7.89. The molecule has 1 amide bonds. The van der Waals surface area contributed by atoms with E-state index in [0.29, 0.717) is 5.82 Å². The minimum Gasteiger partial charge on any atom is -0.338 e. The van der Waals surface area contributed by atoms with E-state index in [9.17, 15) is 13.2 Å². The molecule has 0 radical (unpaired) electrons. The molecule has 9 heteroatoms. The Hall–Kier alpha value is -2.68. The van der Waals surface area contributed by atoms with Crippen LogP contribution in [-0.4, -0.2) is 29.9 Å². The number of carbonyl (C=O) groups excluding carboxylic acids is 1. The Kier molecular flexibility index (Phi) is 5.64. The number of carbonyl (C=O) groups is 1. The summed E-state index contributed by atoms with van der Waals surface area (Å²) in [4.78, 5) is 17.3. The van der Waals surface area contributed by atoms with Gasteiger partial charge in [0, 0.05) is 31.0 Å². The second kappa shape index (κ2) is 8.22. The van der Waals surface area contributed by atoms with E-state index in [-0.39, 0.29) is 21.5 Å². The third-order valence-corrected chi connectivity index (χ3v) is 6.91. The number of aryl methyl sites for hydroxylation is 1. The smallest absolute Gasteiger partial charge is 0.252 e. The van der Waals surface area contributed by atoms with Crippen LogP contribution in [0.3, 0.4) is 0 Å². The molecular weight excluding hydrogens is 424 g/mol. The molecule has 2 N–H and O–H groups in total. The van der Waals surface area contributed by atoms with Crippen LogP contribution in [0.5, 0.6) is 0 Å². The summed E-state index contributed by atoms with van der Waals surface area (Å²) in [6, 6.07) is 13.1. The van der Waals surface area contributed by atoms with Crippen LogP contribution in [0, 0.1) is 0 Å². The summed E-state index contributed by atoms with van der Waals surface area (Å²) < 4.78 is 29.6. The normalized spacial score (nSPS) is 15.0. The van der Waals surface area contributed by atoms with Crippen LogP contribution in [0.1, 0.15) is 40.6 Å². The van der Waals surface area contributed by atoms with E-state index in [1.165, 1.54) is 18.2 Å². The fraction of sp³-hybridized carbons (Fsp3) is 0.238. The van der Waals surface area contributed by atoms with Gasteiger partial charge in [-0.2, -0.15) is 0 Å². The summed E-state index contributed by atoms with van der Waals surface area (Å²) in [6.07, 6.45) is 5.07. The molecule has 2 aromatic carbocycles. The van der Waals surface area contributed by atoms with E-state index in [0.717, 1.165) is 18.4 Å². The van der Waals surface area contributed by atoms with Crippen molar-refractivity contribution in [3.8, 4) is 0 Å². The van der Waals surface area contributed by atoms with Crippen LogP contribution in [0.15, 0.2) is 65.8 Å². The van der Waals surface area contributed by atoms with Crippen LogP contribution in [0.4, 0.5) is 0 Å². The number of halogens is 1. The fourth-order valence-corrected chi connectivity index (χ4v) is 4.98. The minimum absolute atomic E-state index is 0.0607. The average molecular weight is 445 g/mol. The number of sulfonamides is 1. The SMILES string of the molecule is Cn1ccnc1[C@@H](NC(=O)c1ccc(Cl)c(S(=O)(=O)NC2CC2)c1)c1ccccc1. The Morgan fingerprint density at radius 1 is 1.20 bits per heavy atom. The van der Waals surface area contributed by atoms with Gasteiger partial charge in [0.2, 0.25) is 10.0 Å². The number of aromatic nitrogens is 2. The number of hydrogen-bond acceptors (Lipinski definition) is 4. The maximum atomic E-state index is 13.1. The molecule has 1 aliphatic carbocycles. The maximum Gasteiger partial charge on any atom is 0.252 e. The van der Waals surface area contributed by atoms with Crippen molar-refractivity contribution in [1.82, 2.24) is 19.6 Å². The molecule has 0 bridgehead atoms. The number of hydrogen-bond donors (Lipinski definition) is 2. The first kappa shape index (κ1) is 20.6. The van der Waals surface area contributed by atoms with Gasteiger partial charge in [0.1, 0.15) is 16.8 Å². The molecule has 1 heterocycles. The van der Waals surface area contributed by atoms with Crippen molar-refractivity contribution in [3.63, 3.8) is 0 Å². The second-order valence-corrected chi connectivity index (χ2v) is 9.34. The molecule has 0 aliphatic heterocycles. The molecule has 30 heavy (non-hydrogen) atoms. The Bertz CT molecular complexity index is 1170. The number of nitrogens with one attached hydrogen (secondary N) is 2. The molecule has 3 aromatic rings. The van der Waals surface area contributed by atoms with Crippen LogP contribution in [0.25, 0.3) is 0 Å². The molecule has 156 valence electrons. The summed E-state index contributed by atoms with van der Waals surface area (Å²) in [5.74, 6) is 0.234. The Balaban J connectivity index is 1.65. The quantitative estimate of drug-likeness (QED) is 0.585. The second-order valence-electron chi connectivity index (χ2n) is 7.25. The summed E-state index contributed by atoms with van der Waals surface area (Å²) in [6.45, 7) is 0. The molecule has 4 rings (SSSR count). The lowest BCUT2D eigenvalue weighted by Gasteiger charge is -2.19. The third kappa shape index (κ3) is 4.40. The molecule has 1 aromatic heterocycles. The van der Waals surface area contributed by atoms with Crippen molar-refractivity contribution in [2.45, 2.75) is 29.8 Å². The monoisotopic (exact) mass is 444 g/mol. The first-order valence-electron chi connectivity index (χ1n) is 9.50. The predicted octanol–water partition coefficient (Wildman–Crippen LogP) is 3.03. The Morgan fingerprint density at radius 2 is 1.93 bits per heavy atom. The highest BCUT2D eigenvalue weighted by atomic mass is 35.5. The minimum atomic E-state index is -3.79. The van der Waals surface area contributed by atoms with Crippen molar-refractivity contribution in [2.24, 2.45) is 7.05 Å². The molecule has 1 atom stereocenters. The Labute approximate surface area is 180 Å². The van der Waals surface area contributed by atoms with Gasteiger partial charge in [0.25, 0.3) is 5.91 Å². The maximum absolute atomic E-state index is 13.1.